The van der Waals surface area contributed by atoms with Crippen LogP contribution in [-0.2, 0) is 22.7 Å². The number of carbonyl (C=O) groups is 2. The molecule has 0 bridgehead atoms. The van der Waals surface area contributed by atoms with Crippen LogP contribution in [0.1, 0.15) is 11.1 Å². The lowest BCUT2D eigenvalue weighted by atomic mass is 10.2. The summed E-state index contributed by atoms with van der Waals surface area (Å²) in [7, 11) is 1.57. The van der Waals surface area contributed by atoms with Crippen LogP contribution in [0.25, 0.3) is 0 Å². The number of nitrogens with zero attached hydrogens (tertiary/aromatic N) is 1. The van der Waals surface area contributed by atoms with Gasteiger partial charge in [-0.05, 0) is 23.8 Å². The number of anilines is 1. The first-order chi connectivity index (χ1) is 13.7. The lowest BCUT2D eigenvalue weighted by molar-refractivity contribution is -0.137. The van der Waals surface area contributed by atoms with E-state index in [0.717, 1.165) is 11.1 Å². The summed E-state index contributed by atoms with van der Waals surface area (Å²) in [6.45, 7) is 0.522. The van der Waals surface area contributed by atoms with Gasteiger partial charge in [-0.1, -0.05) is 66.7 Å². The van der Waals surface area contributed by atoms with Crippen molar-refractivity contribution in [1.29, 1.82) is 0 Å². The molecule has 1 N–H and O–H groups in total. The Hall–Kier alpha value is -3.60. The quantitative estimate of drug-likeness (QED) is 0.672. The second-order valence-electron chi connectivity index (χ2n) is 6.21. The third-order valence-corrected chi connectivity index (χ3v) is 4.32. The summed E-state index contributed by atoms with van der Waals surface area (Å²) < 4.78 is 5.29. The average Bonchev–Trinajstić information content (AvgIpc) is 2.76. The molecule has 0 atom stereocenters. The maximum Gasteiger partial charge on any atom is 0.316 e. The molecule has 0 saturated carbocycles. The van der Waals surface area contributed by atoms with Gasteiger partial charge in [0.15, 0.2) is 0 Å². The van der Waals surface area contributed by atoms with E-state index in [1.807, 2.05) is 84.9 Å². The second-order valence-corrected chi connectivity index (χ2v) is 6.21. The third-order valence-electron chi connectivity index (χ3n) is 4.32. The Kier molecular flexibility index (Phi) is 6.41. The molecule has 0 aliphatic rings. The number of amides is 2. The molecule has 0 aliphatic carbocycles. The highest BCUT2D eigenvalue weighted by molar-refractivity contribution is 6.40. The van der Waals surface area contributed by atoms with Crippen molar-refractivity contribution in [3.05, 3.63) is 96.1 Å². The molecular formula is C23H22N2O3. The van der Waals surface area contributed by atoms with Crippen molar-refractivity contribution in [2.24, 2.45) is 0 Å². The molecule has 0 aromatic heterocycles. The lowest BCUT2D eigenvalue weighted by Crippen LogP contribution is -2.42. The number of benzene rings is 3. The highest BCUT2D eigenvalue weighted by Crippen LogP contribution is 2.19. The number of methoxy groups -OCH3 is 1. The molecule has 0 fully saturated rings. The number of carbonyl (C=O) groups excluding carboxylic acids is 2. The van der Waals surface area contributed by atoms with E-state index in [1.54, 1.807) is 7.11 Å². The van der Waals surface area contributed by atoms with Crippen LogP contribution in [0, 0.1) is 0 Å². The van der Waals surface area contributed by atoms with Crippen LogP contribution in [0.2, 0.25) is 0 Å². The van der Waals surface area contributed by atoms with E-state index in [-0.39, 0.29) is 6.54 Å². The first-order valence-electron chi connectivity index (χ1n) is 8.99. The summed E-state index contributed by atoms with van der Waals surface area (Å²) >= 11 is 0. The van der Waals surface area contributed by atoms with E-state index in [4.69, 9.17) is 4.74 Å². The van der Waals surface area contributed by atoms with Gasteiger partial charge >= 0.3 is 11.8 Å². The van der Waals surface area contributed by atoms with Crippen molar-refractivity contribution in [3.63, 3.8) is 0 Å². The summed E-state index contributed by atoms with van der Waals surface area (Å²) in [5.41, 5.74) is 2.42. The summed E-state index contributed by atoms with van der Waals surface area (Å²) in [6, 6.07) is 26.1. The molecule has 0 heterocycles. The van der Waals surface area contributed by atoms with Crippen LogP contribution < -0.4 is 15.0 Å². The van der Waals surface area contributed by atoms with Crippen LogP contribution in [-0.4, -0.2) is 18.9 Å². The van der Waals surface area contributed by atoms with Gasteiger partial charge in [0.05, 0.1) is 13.7 Å². The molecule has 0 aliphatic heterocycles. The second kappa shape index (κ2) is 9.37. The van der Waals surface area contributed by atoms with Crippen molar-refractivity contribution in [2.75, 3.05) is 12.0 Å². The van der Waals surface area contributed by atoms with E-state index in [2.05, 4.69) is 5.32 Å². The highest BCUT2D eigenvalue weighted by atomic mass is 16.5. The van der Waals surface area contributed by atoms with Gasteiger partial charge < -0.3 is 10.1 Å². The molecule has 3 aromatic carbocycles. The fraction of sp³-hybridized carbons (Fsp3) is 0.130. The summed E-state index contributed by atoms with van der Waals surface area (Å²) in [6.07, 6.45) is 0. The van der Waals surface area contributed by atoms with Gasteiger partial charge in [0.25, 0.3) is 0 Å². The molecule has 3 rings (SSSR count). The van der Waals surface area contributed by atoms with Crippen LogP contribution in [0.3, 0.4) is 0 Å². The predicted octanol–water partition coefficient (Wildman–Crippen LogP) is 3.54. The van der Waals surface area contributed by atoms with Gasteiger partial charge in [-0.25, -0.2) is 0 Å². The number of ether oxygens (including phenoxy) is 1. The Labute approximate surface area is 164 Å². The zero-order chi connectivity index (χ0) is 19.8. The van der Waals surface area contributed by atoms with Crippen molar-refractivity contribution in [2.45, 2.75) is 13.1 Å². The van der Waals surface area contributed by atoms with E-state index in [0.29, 0.717) is 18.0 Å². The molecule has 0 saturated heterocycles. The minimum absolute atomic E-state index is 0.211. The van der Waals surface area contributed by atoms with Gasteiger partial charge in [-0.15, -0.1) is 0 Å². The van der Waals surface area contributed by atoms with Gasteiger partial charge in [0.2, 0.25) is 0 Å². The van der Waals surface area contributed by atoms with Gasteiger partial charge in [-0.2, -0.15) is 0 Å². The molecular weight excluding hydrogens is 352 g/mol. The zero-order valence-corrected chi connectivity index (χ0v) is 15.7. The smallest absolute Gasteiger partial charge is 0.316 e. The summed E-state index contributed by atoms with van der Waals surface area (Å²) in [5, 5.41) is 2.70. The Morgan fingerprint density at radius 1 is 0.857 bits per heavy atom. The van der Waals surface area contributed by atoms with Crippen molar-refractivity contribution < 1.29 is 14.3 Å². The zero-order valence-electron chi connectivity index (χ0n) is 15.7. The molecule has 2 amide bonds. The maximum absolute atomic E-state index is 12.9. The highest BCUT2D eigenvalue weighted by Gasteiger charge is 2.23. The SMILES string of the molecule is COc1ccccc1CNC(=O)C(=O)N(Cc1ccccc1)c1ccccc1. The van der Waals surface area contributed by atoms with Gasteiger partial charge in [0.1, 0.15) is 5.75 Å². The summed E-state index contributed by atoms with van der Waals surface area (Å²) in [5.74, 6) is -0.602. The van der Waals surface area contributed by atoms with E-state index in [1.165, 1.54) is 4.90 Å². The Bertz CT molecular complexity index is 927. The van der Waals surface area contributed by atoms with E-state index >= 15 is 0 Å². The Balaban J connectivity index is 1.75. The monoisotopic (exact) mass is 374 g/mol. The number of nitrogens with one attached hydrogen (secondary N) is 1. The molecule has 0 spiro atoms. The van der Waals surface area contributed by atoms with Crippen molar-refractivity contribution in [1.82, 2.24) is 5.32 Å². The molecule has 0 radical (unpaired) electrons. The summed E-state index contributed by atoms with van der Waals surface area (Å²) in [4.78, 5) is 27.0. The van der Waals surface area contributed by atoms with E-state index in [9.17, 15) is 9.59 Å². The number of para-hydroxylation sites is 2. The maximum atomic E-state index is 12.9. The predicted molar refractivity (Wildman–Crippen MR) is 109 cm³/mol. The average molecular weight is 374 g/mol. The number of rotatable bonds is 6. The molecule has 0 unspecified atom stereocenters. The fourth-order valence-electron chi connectivity index (χ4n) is 2.88. The van der Waals surface area contributed by atoms with Crippen LogP contribution in [0.5, 0.6) is 5.75 Å². The van der Waals surface area contributed by atoms with E-state index < -0.39 is 11.8 Å². The minimum Gasteiger partial charge on any atom is -0.496 e. The molecule has 28 heavy (non-hydrogen) atoms. The standard InChI is InChI=1S/C23H22N2O3/c1-28-21-15-9-8-12-19(21)16-24-22(26)23(27)25(20-13-6-3-7-14-20)17-18-10-4-2-5-11-18/h2-15H,16-17H2,1H3,(H,24,26). The fourth-order valence-corrected chi connectivity index (χ4v) is 2.88. The Morgan fingerprint density at radius 3 is 2.14 bits per heavy atom. The first kappa shape index (κ1) is 19.2. The first-order valence-corrected chi connectivity index (χ1v) is 8.99. The third kappa shape index (κ3) is 4.76. The van der Waals surface area contributed by atoms with Crippen molar-refractivity contribution in [3.8, 4) is 5.75 Å². The molecule has 5 heteroatoms. The van der Waals surface area contributed by atoms with Crippen LogP contribution in [0.15, 0.2) is 84.9 Å². The lowest BCUT2D eigenvalue weighted by Gasteiger charge is -2.22. The van der Waals surface area contributed by atoms with Crippen molar-refractivity contribution >= 4 is 17.5 Å². The topological polar surface area (TPSA) is 58.6 Å². The number of hydrogen-bond acceptors (Lipinski definition) is 3. The Morgan fingerprint density at radius 2 is 1.46 bits per heavy atom. The molecule has 3 aromatic rings. The van der Waals surface area contributed by atoms with Gasteiger partial charge in [-0.3, -0.25) is 14.5 Å². The normalized spacial score (nSPS) is 10.2. The largest absolute Gasteiger partial charge is 0.496 e. The molecule has 5 nitrogen and oxygen atoms in total. The number of hydrogen-bond donors (Lipinski definition) is 1. The van der Waals surface area contributed by atoms with Crippen LogP contribution >= 0.6 is 0 Å². The minimum atomic E-state index is -0.661. The molecule has 142 valence electrons. The van der Waals surface area contributed by atoms with Crippen LogP contribution in [0.4, 0.5) is 5.69 Å². The van der Waals surface area contributed by atoms with Gasteiger partial charge in [0, 0.05) is 17.8 Å².